The van der Waals surface area contributed by atoms with Crippen LogP contribution in [0.25, 0.3) is 21.5 Å². The number of nitriles is 1. The highest BCUT2D eigenvalue weighted by molar-refractivity contribution is 6.18. The first kappa shape index (κ1) is 31.8. The van der Waals surface area contributed by atoms with Gasteiger partial charge in [-0.05, 0) is 66.6 Å². The molecule has 0 aliphatic carbocycles. The summed E-state index contributed by atoms with van der Waals surface area (Å²) in [7, 11) is 0. The molecule has 2 aliphatic heterocycles. The Morgan fingerprint density at radius 1 is 0.816 bits per heavy atom. The average Bonchev–Trinajstić information content (AvgIpc) is 3.46. The monoisotopic (exact) mass is 648 g/mol. The van der Waals surface area contributed by atoms with Crippen LogP contribution in [-0.2, 0) is 26.8 Å². The van der Waals surface area contributed by atoms with Crippen molar-refractivity contribution in [3.63, 3.8) is 0 Å². The first-order chi connectivity index (χ1) is 23.5. The number of rotatable bonds is 9. The third-order valence-electron chi connectivity index (χ3n) is 10.4. The highest BCUT2D eigenvalue weighted by Crippen LogP contribution is 2.56. The highest BCUT2D eigenvalue weighted by atomic mass is 16.4. The summed E-state index contributed by atoms with van der Waals surface area (Å²) in [6.07, 6.45) is 2.73. The Kier molecular flexibility index (Phi) is 7.83. The molecule has 0 bridgehead atoms. The number of nitrogens with zero attached hydrogens (tertiary/aromatic N) is 3. The van der Waals surface area contributed by atoms with Gasteiger partial charge in [0.1, 0.15) is 6.42 Å². The summed E-state index contributed by atoms with van der Waals surface area (Å²) in [5.41, 5.74) is 6.38. The molecule has 7 rings (SSSR count). The summed E-state index contributed by atoms with van der Waals surface area (Å²) in [5, 5.41) is 34.0. The molecule has 0 fully saturated rings. The van der Waals surface area contributed by atoms with Gasteiger partial charge in [0.25, 0.3) is 0 Å². The Balaban J connectivity index is 1.58. The Hall–Kier alpha value is -5.74. The quantitative estimate of drug-likeness (QED) is 0.124. The molecule has 0 amide bonds. The third-order valence-corrected chi connectivity index (χ3v) is 10.4. The van der Waals surface area contributed by atoms with E-state index in [9.17, 15) is 25.1 Å². The van der Waals surface area contributed by atoms with Gasteiger partial charge < -0.3 is 15.1 Å². The van der Waals surface area contributed by atoms with Crippen molar-refractivity contribution in [2.75, 3.05) is 18.0 Å². The number of allylic oxidation sites excluding steroid dienone is 2. The molecular formula is C42H38N3O4+. The fourth-order valence-electron chi connectivity index (χ4n) is 8.15. The lowest BCUT2D eigenvalue weighted by atomic mass is 9.72. The van der Waals surface area contributed by atoms with E-state index in [1.54, 1.807) is 6.07 Å². The van der Waals surface area contributed by atoms with Crippen LogP contribution in [0.3, 0.4) is 0 Å². The molecule has 5 aromatic rings. The van der Waals surface area contributed by atoms with Crippen molar-refractivity contribution in [3.8, 4) is 6.07 Å². The third kappa shape index (κ3) is 5.25. The highest BCUT2D eigenvalue weighted by Gasteiger charge is 2.50. The van der Waals surface area contributed by atoms with Gasteiger partial charge in [0, 0.05) is 40.7 Å². The number of anilines is 1. The first-order valence-electron chi connectivity index (χ1n) is 16.7. The van der Waals surface area contributed by atoms with Gasteiger partial charge in [0.15, 0.2) is 12.3 Å². The zero-order chi connectivity index (χ0) is 34.5. The van der Waals surface area contributed by atoms with Gasteiger partial charge in [-0.3, -0.25) is 9.59 Å². The number of hydrogen-bond donors (Lipinski definition) is 2. The maximum Gasteiger partial charge on any atom is 0.309 e. The minimum atomic E-state index is -0.893. The van der Waals surface area contributed by atoms with E-state index in [-0.39, 0.29) is 25.9 Å². The average molecular weight is 649 g/mol. The number of fused-ring (bicyclic) bond motifs is 7. The number of carboxylic acid groups (broad SMARTS) is 2. The van der Waals surface area contributed by atoms with Gasteiger partial charge in [0.05, 0.1) is 29.2 Å². The minimum Gasteiger partial charge on any atom is -0.481 e. The van der Waals surface area contributed by atoms with Gasteiger partial charge in [-0.2, -0.15) is 9.84 Å². The Labute approximate surface area is 285 Å². The van der Waals surface area contributed by atoms with Crippen molar-refractivity contribution >= 4 is 50.6 Å². The maximum absolute atomic E-state index is 12.2. The second-order valence-electron chi connectivity index (χ2n) is 13.8. The van der Waals surface area contributed by atoms with E-state index in [2.05, 4.69) is 90.9 Å². The van der Waals surface area contributed by atoms with Crippen LogP contribution in [0.15, 0.2) is 109 Å². The fraction of sp³-hybridized carbons (Fsp3) is 0.238. The Morgan fingerprint density at radius 3 is 2.08 bits per heavy atom. The lowest BCUT2D eigenvalue weighted by Crippen LogP contribution is -2.36. The molecule has 0 aromatic heterocycles. The number of carbonyl (C=O) groups is 2. The van der Waals surface area contributed by atoms with Gasteiger partial charge in [-0.1, -0.05) is 78.9 Å². The standard InChI is InChI=1S/C42H37N3O4/c1-41(2)33-23-28(26-43)17-18-34(33)44(21-19-37(46)47)35(41)24-36-42(3,25-27-11-5-4-6-12-27)39-31-15-9-7-13-29(31)30-14-8-10-16-32(30)40(39)45(36)22-20-38(48)49/h4-18,23-24H,19-22,25H2,1-3H3,(H-,46,47,48,49)/p+1. The molecule has 5 aromatic carbocycles. The minimum absolute atomic E-state index is 0.0629. The Bertz CT molecular complexity index is 2280. The molecule has 2 aliphatic rings. The van der Waals surface area contributed by atoms with Crippen LogP contribution >= 0.6 is 0 Å². The van der Waals surface area contributed by atoms with Crippen LogP contribution < -0.4 is 4.90 Å². The predicted octanol–water partition coefficient (Wildman–Crippen LogP) is 8.09. The lowest BCUT2D eigenvalue weighted by Gasteiger charge is -2.31. The smallest absolute Gasteiger partial charge is 0.309 e. The Morgan fingerprint density at radius 2 is 1.43 bits per heavy atom. The predicted molar refractivity (Wildman–Crippen MR) is 193 cm³/mol. The van der Waals surface area contributed by atoms with E-state index < -0.39 is 22.8 Å². The van der Waals surface area contributed by atoms with Crippen LogP contribution in [0, 0.1) is 11.3 Å². The summed E-state index contributed by atoms with van der Waals surface area (Å²) < 4.78 is 2.08. The number of carboxylic acids is 2. The molecular weight excluding hydrogens is 610 g/mol. The molecule has 0 spiro atoms. The van der Waals surface area contributed by atoms with Crippen molar-refractivity contribution in [2.45, 2.75) is 50.9 Å². The summed E-state index contributed by atoms with van der Waals surface area (Å²) in [4.78, 5) is 26.4. The van der Waals surface area contributed by atoms with E-state index in [4.69, 9.17) is 0 Å². The summed E-state index contributed by atoms with van der Waals surface area (Å²) in [5.74, 6) is -1.77. The molecule has 1 atom stereocenters. The van der Waals surface area contributed by atoms with Crippen molar-refractivity contribution in [3.05, 3.63) is 131 Å². The normalized spacial score (nSPS) is 18.6. The molecule has 0 radical (unpaired) electrons. The van der Waals surface area contributed by atoms with Gasteiger partial charge in [0.2, 0.25) is 5.69 Å². The molecule has 0 saturated carbocycles. The van der Waals surface area contributed by atoms with Crippen molar-refractivity contribution < 1.29 is 24.4 Å². The van der Waals surface area contributed by atoms with E-state index in [0.29, 0.717) is 12.0 Å². The summed E-state index contributed by atoms with van der Waals surface area (Å²) in [6, 6.07) is 35.1. The van der Waals surface area contributed by atoms with Gasteiger partial charge >= 0.3 is 11.9 Å². The summed E-state index contributed by atoms with van der Waals surface area (Å²) in [6.45, 7) is 7.00. The molecule has 49 heavy (non-hydrogen) atoms. The first-order valence-corrected chi connectivity index (χ1v) is 16.7. The van der Waals surface area contributed by atoms with Crippen molar-refractivity contribution in [1.82, 2.24) is 0 Å². The van der Waals surface area contributed by atoms with Gasteiger partial charge in [-0.25, -0.2) is 0 Å². The van der Waals surface area contributed by atoms with E-state index in [1.807, 2.05) is 42.5 Å². The van der Waals surface area contributed by atoms with Crippen LogP contribution in [0.4, 0.5) is 11.4 Å². The van der Waals surface area contributed by atoms with Crippen molar-refractivity contribution in [1.29, 1.82) is 5.26 Å². The second kappa shape index (κ2) is 12.1. The maximum atomic E-state index is 12.2. The van der Waals surface area contributed by atoms with E-state index in [0.717, 1.165) is 61.0 Å². The van der Waals surface area contributed by atoms with Crippen LogP contribution in [0.2, 0.25) is 0 Å². The zero-order valence-electron chi connectivity index (χ0n) is 27.9. The molecule has 2 heterocycles. The molecule has 0 saturated heterocycles. The molecule has 1 unspecified atom stereocenters. The topological polar surface area (TPSA) is 105 Å². The lowest BCUT2D eigenvalue weighted by molar-refractivity contribution is -0.436. The van der Waals surface area contributed by atoms with Gasteiger partial charge in [-0.15, -0.1) is 0 Å². The molecule has 2 N–H and O–H groups in total. The van der Waals surface area contributed by atoms with Crippen LogP contribution in [0.5, 0.6) is 0 Å². The van der Waals surface area contributed by atoms with E-state index >= 15 is 0 Å². The summed E-state index contributed by atoms with van der Waals surface area (Å²) >= 11 is 0. The van der Waals surface area contributed by atoms with Crippen molar-refractivity contribution in [2.24, 2.45) is 0 Å². The molecule has 244 valence electrons. The SMILES string of the molecule is CC1(C)C(/C=C2/N(CCC(=O)O)c3c(c4ccccc4c4ccccc34)C2(C)Cc2ccccc2)=[N+](CCC(=O)O)c2ccc(C#N)cc21. The number of hydrogen-bond acceptors (Lipinski definition) is 4. The van der Waals surface area contributed by atoms with Crippen LogP contribution in [-0.4, -0.2) is 45.5 Å². The largest absolute Gasteiger partial charge is 0.481 e. The second-order valence-corrected chi connectivity index (χ2v) is 13.8. The fourth-order valence-corrected chi connectivity index (χ4v) is 8.15. The van der Waals surface area contributed by atoms with Crippen LogP contribution in [0.1, 0.15) is 55.9 Å². The molecule has 7 nitrogen and oxygen atoms in total. The zero-order valence-corrected chi connectivity index (χ0v) is 27.9. The number of aliphatic carboxylic acids is 2. The molecule has 7 heteroatoms. The van der Waals surface area contributed by atoms with E-state index in [1.165, 1.54) is 0 Å². The number of benzene rings is 5.